The van der Waals surface area contributed by atoms with E-state index in [0.717, 1.165) is 17.1 Å². The van der Waals surface area contributed by atoms with Gasteiger partial charge in [-0.2, -0.15) is 0 Å². The molecule has 0 N–H and O–H groups in total. The van der Waals surface area contributed by atoms with Gasteiger partial charge in [-0.15, -0.1) is 0 Å². The molecule has 10 aromatic rings. The first-order valence-corrected chi connectivity index (χ1v) is 22.8. The van der Waals surface area contributed by atoms with Gasteiger partial charge in [-0.1, -0.05) is 223 Å². The lowest BCUT2D eigenvalue weighted by Crippen LogP contribution is -2.29. The van der Waals surface area contributed by atoms with Crippen LogP contribution in [0.5, 0.6) is 0 Å². The van der Waals surface area contributed by atoms with Crippen molar-refractivity contribution in [1.29, 1.82) is 0 Å². The lowest BCUT2D eigenvalue weighted by molar-refractivity contribution is 0.766. The molecule has 0 spiro atoms. The smallest absolute Gasteiger partial charge is 0.0714 e. The predicted octanol–water partition coefficient (Wildman–Crippen LogP) is 16.2. The second-order valence-electron chi connectivity index (χ2n) is 17.7. The minimum Gasteiger partial charge on any atom is -0.310 e. The zero-order valence-corrected chi connectivity index (χ0v) is 36.6. The van der Waals surface area contributed by atoms with E-state index in [0.29, 0.717) is 0 Å². The van der Waals surface area contributed by atoms with Crippen molar-refractivity contribution in [3.8, 4) is 33.4 Å². The van der Waals surface area contributed by atoms with Gasteiger partial charge < -0.3 is 4.90 Å². The molecule has 0 aliphatic heterocycles. The van der Waals surface area contributed by atoms with E-state index in [1.54, 1.807) is 0 Å². The third kappa shape index (κ3) is 5.86. The molecular formula is C64H47N. The number of rotatable bonds is 8. The molecule has 2 aliphatic carbocycles. The summed E-state index contributed by atoms with van der Waals surface area (Å²) in [6.07, 6.45) is 0. The lowest BCUT2D eigenvalue weighted by atomic mass is 9.67. The maximum atomic E-state index is 2.51. The molecule has 2 aliphatic rings. The van der Waals surface area contributed by atoms with Gasteiger partial charge in [0.2, 0.25) is 0 Å². The first-order valence-electron chi connectivity index (χ1n) is 22.8. The van der Waals surface area contributed by atoms with Crippen LogP contribution in [0.4, 0.5) is 17.1 Å². The molecule has 0 fully saturated rings. The molecule has 0 aromatic heterocycles. The summed E-state index contributed by atoms with van der Waals surface area (Å²) in [6, 6.07) is 92.8. The van der Waals surface area contributed by atoms with Crippen molar-refractivity contribution in [2.45, 2.75) is 24.7 Å². The van der Waals surface area contributed by atoms with Crippen LogP contribution in [0.3, 0.4) is 0 Å². The quantitative estimate of drug-likeness (QED) is 0.147. The fourth-order valence-electron chi connectivity index (χ4n) is 11.5. The maximum Gasteiger partial charge on any atom is 0.0714 e. The molecule has 0 unspecified atom stereocenters. The maximum absolute atomic E-state index is 2.51. The van der Waals surface area contributed by atoms with Gasteiger partial charge in [-0.05, 0) is 128 Å². The fourth-order valence-corrected chi connectivity index (χ4v) is 11.5. The van der Waals surface area contributed by atoms with E-state index in [1.807, 2.05) is 0 Å². The highest BCUT2D eigenvalue weighted by Crippen LogP contribution is 2.61. The molecule has 0 saturated heterocycles. The van der Waals surface area contributed by atoms with Crippen LogP contribution in [0.15, 0.2) is 249 Å². The number of nitrogens with zero attached hydrogens (tertiary/aromatic N) is 1. The van der Waals surface area contributed by atoms with Gasteiger partial charge in [0.1, 0.15) is 0 Å². The van der Waals surface area contributed by atoms with Crippen molar-refractivity contribution in [3.05, 3.63) is 304 Å². The van der Waals surface area contributed by atoms with Crippen LogP contribution in [0.2, 0.25) is 0 Å². The third-order valence-electron chi connectivity index (χ3n) is 14.1. The number of hydrogen-bond acceptors (Lipinski definition) is 1. The summed E-state index contributed by atoms with van der Waals surface area (Å²) in [5, 5.41) is 0. The Morgan fingerprint density at radius 2 is 0.708 bits per heavy atom. The Balaban J connectivity index is 1.15. The van der Waals surface area contributed by atoms with Gasteiger partial charge in [0.05, 0.1) is 10.8 Å². The molecule has 0 atom stereocenters. The molecule has 0 saturated carbocycles. The first-order chi connectivity index (χ1) is 32.1. The zero-order chi connectivity index (χ0) is 43.5. The largest absolute Gasteiger partial charge is 0.310 e. The first kappa shape index (κ1) is 38.7. The number of para-hydroxylation sites is 1. The van der Waals surface area contributed by atoms with E-state index in [1.165, 1.54) is 89.0 Å². The van der Waals surface area contributed by atoms with Gasteiger partial charge in [0, 0.05) is 17.1 Å². The number of aryl methyl sites for hydroxylation is 2. The van der Waals surface area contributed by atoms with Crippen LogP contribution < -0.4 is 4.90 Å². The molecule has 12 rings (SSSR count). The van der Waals surface area contributed by atoms with Crippen molar-refractivity contribution in [2.24, 2.45) is 0 Å². The lowest BCUT2D eigenvalue weighted by Gasteiger charge is -2.36. The van der Waals surface area contributed by atoms with E-state index in [-0.39, 0.29) is 0 Å². The summed E-state index contributed by atoms with van der Waals surface area (Å²) in [5.74, 6) is 0. The number of benzene rings is 10. The Labute approximate surface area is 382 Å². The van der Waals surface area contributed by atoms with Crippen molar-refractivity contribution in [3.63, 3.8) is 0 Å². The van der Waals surface area contributed by atoms with Crippen LogP contribution in [0.25, 0.3) is 33.4 Å². The zero-order valence-electron chi connectivity index (χ0n) is 36.6. The van der Waals surface area contributed by atoms with Crippen LogP contribution in [0, 0.1) is 13.8 Å². The van der Waals surface area contributed by atoms with E-state index < -0.39 is 10.8 Å². The van der Waals surface area contributed by atoms with Crippen LogP contribution in [-0.4, -0.2) is 0 Å². The van der Waals surface area contributed by atoms with E-state index in [2.05, 4.69) is 267 Å². The minimum absolute atomic E-state index is 0.522. The topological polar surface area (TPSA) is 3.24 Å². The van der Waals surface area contributed by atoms with E-state index >= 15 is 0 Å². The molecule has 1 nitrogen and oxygen atoms in total. The average Bonchev–Trinajstić information content (AvgIpc) is 3.83. The summed E-state index contributed by atoms with van der Waals surface area (Å²) in [4.78, 5) is 2.47. The molecule has 308 valence electrons. The SMILES string of the molecule is Cc1cccc(C2(c3cccc(C)c3)c3cc(N(c4ccccc4)c4ccc5c(c4)C(c4ccccc4)(c4ccccc4)c4ccccc4-5)ccc3-c3c(-c4ccccc4)cccc32)c1. The molecule has 0 heterocycles. The number of anilines is 3. The Morgan fingerprint density at radius 3 is 1.31 bits per heavy atom. The molecule has 0 radical (unpaired) electrons. The molecular weight excluding hydrogens is 783 g/mol. The summed E-state index contributed by atoms with van der Waals surface area (Å²) in [6.45, 7) is 4.43. The van der Waals surface area contributed by atoms with Crippen molar-refractivity contribution in [1.82, 2.24) is 0 Å². The van der Waals surface area contributed by atoms with Crippen molar-refractivity contribution in [2.75, 3.05) is 4.90 Å². The Kier molecular flexibility index (Phi) is 9.14. The van der Waals surface area contributed by atoms with E-state index in [4.69, 9.17) is 0 Å². The predicted molar refractivity (Wildman–Crippen MR) is 271 cm³/mol. The Morgan fingerprint density at radius 1 is 0.277 bits per heavy atom. The normalized spacial score (nSPS) is 13.6. The summed E-state index contributed by atoms with van der Waals surface area (Å²) >= 11 is 0. The third-order valence-corrected chi connectivity index (χ3v) is 14.1. The van der Waals surface area contributed by atoms with Gasteiger partial charge >= 0.3 is 0 Å². The highest BCUT2D eigenvalue weighted by atomic mass is 15.1. The molecule has 0 amide bonds. The second-order valence-corrected chi connectivity index (χ2v) is 17.7. The van der Waals surface area contributed by atoms with Crippen molar-refractivity contribution >= 4 is 17.1 Å². The number of hydrogen-bond donors (Lipinski definition) is 0. The molecule has 0 bridgehead atoms. The standard InChI is InChI=1S/C64H47N/c1-44-20-17-28-49(40-44)64(50-29-18-21-45(2)41-50)59-35-19-33-54(46-22-7-3-8-23-46)62(59)57-39-37-53(43-61(57)64)65(51-30-13-6-14-31-51)52-36-38-56-55-32-15-16-34-58(55)63(60(56)42-52,47-24-9-4-10-25-47)48-26-11-5-12-27-48/h3-43H,1-2H3. The van der Waals surface area contributed by atoms with Gasteiger partial charge in [-0.25, -0.2) is 0 Å². The molecule has 10 aromatic carbocycles. The fraction of sp³-hybridized carbons (Fsp3) is 0.0625. The molecule has 1 heteroatoms. The Bertz CT molecular complexity index is 3300. The van der Waals surface area contributed by atoms with Crippen LogP contribution >= 0.6 is 0 Å². The average molecular weight is 830 g/mol. The van der Waals surface area contributed by atoms with E-state index in [9.17, 15) is 0 Å². The van der Waals surface area contributed by atoms with Gasteiger partial charge in [-0.3, -0.25) is 0 Å². The van der Waals surface area contributed by atoms with Gasteiger partial charge in [0.15, 0.2) is 0 Å². The van der Waals surface area contributed by atoms with Crippen LogP contribution in [-0.2, 0) is 10.8 Å². The second kappa shape index (κ2) is 15.4. The molecule has 65 heavy (non-hydrogen) atoms. The van der Waals surface area contributed by atoms with Gasteiger partial charge in [0.25, 0.3) is 0 Å². The minimum atomic E-state index is -0.596. The number of fused-ring (bicyclic) bond motifs is 6. The summed E-state index contributed by atoms with van der Waals surface area (Å²) in [7, 11) is 0. The Hall–Kier alpha value is -8.00. The highest BCUT2D eigenvalue weighted by Gasteiger charge is 2.49. The van der Waals surface area contributed by atoms with Crippen molar-refractivity contribution < 1.29 is 0 Å². The highest BCUT2D eigenvalue weighted by molar-refractivity contribution is 5.97. The monoisotopic (exact) mass is 829 g/mol. The summed E-state index contributed by atoms with van der Waals surface area (Å²) < 4.78 is 0. The summed E-state index contributed by atoms with van der Waals surface area (Å²) in [5.41, 5.74) is 22.5. The van der Waals surface area contributed by atoms with Crippen LogP contribution in [0.1, 0.15) is 55.6 Å².